The van der Waals surface area contributed by atoms with Crippen LogP contribution in [0.25, 0.3) is 11.3 Å². The molecule has 1 aliphatic rings. The second-order valence-electron chi connectivity index (χ2n) is 10.6. The Hall–Kier alpha value is -3.98. The van der Waals surface area contributed by atoms with Gasteiger partial charge < -0.3 is 24.6 Å². The van der Waals surface area contributed by atoms with Gasteiger partial charge in [-0.25, -0.2) is 19.7 Å². The Kier molecular flexibility index (Phi) is 8.44. The molecule has 1 amide bonds. The van der Waals surface area contributed by atoms with Gasteiger partial charge in [-0.2, -0.15) is 5.26 Å². The van der Waals surface area contributed by atoms with Crippen LogP contribution in [0.4, 0.5) is 22.1 Å². The fraction of sp³-hybridized carbons (Fsp3) is 0.393. The minimum atomic E-state index is -0.817. The minimum absolute atomic E-state index is 0.163. The molecule has 0 bridgehead atoms. The van der Waals surface area contributed by atoms with Crippen molar-refractivity contribution in [3.8, 4) is 23.2 Å². The van der Waals surface area contributed by atoms with Crippen LogP contribution in [-0.4, -0.2) is 65.2 Å². The monoisotopic (exact) mass is 566 g/mol. The van der Waals surface area contributed by atoms with Crippen molar-refractivity contribution in [3.63, 3.8) is 0 Å². The summed E-state index contributed by atoms with van der Waals surface area (Å²) in [5.74, 6) is 0.554. The van der Waals surface area contributed by atoms with Crippen LogP contribution in [0.5, 0.6) is 5.88 Å². The van der Waals surface area contributed by atoms with E-state index in [0.29, 0.717) is 45.7 Å². The van der Waals surface area contributed by atoms with E-state index in [1.165, 1.54) is 11.1 Å². The summed E-state index contributed by atoms with van der Waals surface area (Å²) in [5.41, 5.74) is 1.40. The number of methoxy groups -OCH3 is 1. The van der Waals surface area contributed by atoms with Crippen LogP contribution in [0.1, 0.15) is 38.8 Å². The van der Waals surface area contributed by atoms with Gasteiger partial charge in [0, 0.05) is 37.0 Å². The topological polar surface area (TPSA) is 143 Å². The predicted octanol–water partition coefficient (Wildman–Crippen LogP) is 4.84. The molecular weight excluding hydrogens is 536 g/mol. The molecule has 0 saturated carbocycles. The van der Waals surface area contributed by atoms with Crippen molar-refractivity contribution < 1.29 is 24.1 Å². The fourth-order valence-corrected chi connectivity index (χ4v) is 4.45. The number of aliphatic hydroxyl groups excluding tert-OH is 1. The van der Waals surface area contributed by atoms with Crippen LogP contribution in [0.15, 0.2) is 36.7 Å². The highest BCUT2D eigenvalue weighted by atomic mass is 35.5. The molecule has 3 heterocycles. The molecule has 11 nitrogen and oxygen atoms in total. The first-order valence-electron chi connectivity index (χ1n) is 12.6. The SMILES string of the molecule is COCCOc1ncc(Cl)cc1Nc1nccc(-c2cc(C#N)c3c(c2)C(C)(CO)CN3C(=O)OC(C)(C)C)n1. The Balaban J connectivity index is 1.72. The van der Waals surface area contributed by atoms with Gasteiger partial charge in [0.1, 0.15) is 24.0 Å². The van der Waals surface area contributed by atoms with Crippen LogP contribution in [0.3, 0.4) is 0 Å². The van der Waals surface area contributed by atoms with Crippen LogP contribution in [0.2, 0.25) is 5.02 Å². The normalized spacial score (nSPS) is 16.3. The molecule has 1 unspecified atom stereocenters. The number of nitriles is 1. The summed E-state index contributed by atoms with van der Waals surface area (Å²) >= 11 is 6.16. The number of halogens is 1. The summed E-state index contributed by atoms with van der Waals surface area (Å²) in [7, 11) is 1.58. The lowest BCUT2D eigenvalue weighted by Crippen LogP contribution is -2.40. The van der Waals surface area contributed by atoms with Crippen molar-refractivity contribution in [1.29, 1.82) is 5.26 Å². The molecule has 2 N–H and O–H groups in total. The first kappa shape index (κ1) is 29.0. The lowest BCUT2D eigenvalue weighted by atomic mass is 9.83. The number of ether oxygens (including phenoxy) is 3. The average Bonchev–Trinajstić information content (AvgIpc) is 3.22. The Labute approximate surface area is 237 Å². The molecular formula is C28H31ClN6O5. The van der Waals surface area contributed by atoms with E-state index < -0.39 is 17.1 Å². The molecule has 0 radical (unpaired) electrons. The number of aliphatic hydroxyl groups is 1. The van der Waals surface area contributed by atoms with E-state index in [0.717, 1.165) is 0 Å². The summed E-state index contributed by atoms with van der Waals surface area (Å²) < 4.78 is 16.3. The third-order valence-corrected chi connectivity index (χ3v) is 6.37. The highest BCUT2D eigenvalue weighted by Gasteiger charge is 2.44. The number of benzene rings is 1. The number of rotatable bonds is 8. The smallest absolute Gasteiger partial charge is 0.414 e. The van der Waals surface area contributed by atoms with Crippen LogP contribution < -0.4 is 15.0 Å². The predicted molar refractivity (Wildman–Crippen MR) is 150 cm³/mol. The first-order valence-corrected chi connectivity index (χ1v) is 12.9. The number of nitrogens with one attached hydrogen (secondary N) is 1. The summed E-state index contributed by atoms with van der Waals surface area (Å²) in [4.78, 5) is 27.6. The van der Waals surface area contributed by atoms with Crippen molar-refractivity contribution in [3.05, 3.63) is 52.8 Å². The number of carbonyl (C=O) groups excluding carboxylic acids is 1. The maximum absolute atomic E-state index is 13.1. The number of anilines is 3. The molecule has 40 heavy (non-hydrogen) atoms. The van der Waals surface area contributed by atoms with Gasteiger partial charge in [-0.05, 0) is 50.6 Å². The largest absolute Gasteiger partial charge is 0.474 e. The molecule has 1 atom stereocenters. The summed E-state index contributed by atoms with van der Waals surface area (Å²) in [6.07, 6.45) is 2.46. The molecule has 0 aliphatic carbocycles. The number of nitrogens with zero attached hydrogens (tertiary/aromatic N) is 5. The van der Waals surface area contributed by atoms with E-state index in [9.17, 15) is 15.2 Å². The number of hydrogen-bond acceptors (Lipinski definition) is 10. The van der Waals surface area contributed by atoms with Gasteiger partial charge in [0.2, 0.25) is 11.8 Å². The van der Waals surface area contributed by atoms with Gasteiger partial charge in [0.05, 0.1) is 35.2 Å². The third kappa shape index (κ3) is 6.25. The molecule has 0 fully saturated rings. The highest BCUT2D eigenvalue weighted by Crippen LogP contribution is 2.45. The van der Waals surface area contributed by atoms with Crippen molar-refractivity contribution >= 4 is 35.0 Å². The van der Waals surface area contributed by atoms with E-state index in [4.69, 9.17) is 25.8 Å². The Morgan fingerprint density at radius 3 is 2.73 bits per heavy atom. The number of hydrogen-bond donors (Lipinski definition) is 2. The Bertz CT molecular complexity index is 1450. The van der Waals surface area contributed by atoms with Gasteiger partial charge in [-0.3, -0.25) is 4.90 Å². The zero-order chi connectivity index (χ0) is 29.1. The molecule has 3 aromatic rings. The highest BCUT2D eigenvalue weighted by molar-refractivity contribution is 6.30. The Morgan fingerprint density at radius 2 is 2.05 bits per heavy atom. The summed E-state index contributed by atoms with van der Waals surface area (Å²) in [6, 6.07) is 9.05. The molecule has 2 aromatic heterocycles. The second-order valence-corrected chi connectivity index (χ2v) is 11.0. The number of amides is 1. The molecule has 0 saturated heterocycles. The van der Waals surface area contributed by atoms with E-state index in [1.54, 1.807) is 52.3 Å². The number of aromatic nitrogens is 3. The molecule has 210 valence electrons. The van der Waals surface area contributed by atoms with E-state index >= 15 is 0 Å². The first-order chi connectivity index (χ1) is 19.0. The van der Waals surface area contributed by atoms with Crippen molar-refractivity contribution in [2.45, 2.75) is 38.7 Å². The van der Waals surface area contributed by atoms with Crippen molar-refractivity contribution in [1.82, 2.24) is 15.0 Å². The molecule has 4 rings (SSSR count). The maximum Gasteiger partial charge on any atom is 0.414 e. The van der Waals surface area contributed by atoms with E-state index in [2.05, 4.69) is 26.3 Å². The van der Waals surface area contributed by atoms with Gasteiger partial charge in [-0.15, -0.1) is 0 Å². The third-order valence-electron chi connectivity index (χ3n) is 6.16. The fourth-order valence-electron chi connectivity index (χ4n) is 4.29. The van der Waals surface area contributed by atoms with Crippen LogP contribution in [-0.2, 0) is 14.9 Å². The zero-order valence-electron chi connectivity index (χ0n) is 23.0. The van der Waals surface area contributed by atoms with Gasteiger partial charge in [0.15, 0.2) is 0 Å². The average molecular weight is 567 g/mol. The maximum atomic E-state index is 13.1. The minimum Gasteiger partial charge on any atom is -0.474 e. The molecule has 1 aromatic carbocycles. The second kappa shape index (κ2) is 11.6. The summed E-state index contributed by atoms with van der Waals surface area (Å²) in [5, 5.41) is 23.9. The van der Waals surface area contributed by atoms with Crippen LogP contribution in [0, 0.1) is 11.3 Å². The zero-order valence-corrected chi connectivity index (χ0v) is 23.7. The quantitative estimate of drug-likeness (QED) is 0.363. The number of pyridine rings is 1. The lowest BCUT2D eigenvalue weighted by Gasteiger charge is -2.26. The molecule has 0 spiro atoms. The van der Waals surface area contributed by atoms with Crippen LogP contribution >= 0.6 is 11.6 Å². The Morgan fingerprint density at radius 1 is 1.27 bits per heavy atom. The van der Waals surface area contributed by atoms with Gasteiger partial charge in [-0.1, -0.05) is 18.5 Å². The summed E-state index contributed by atoms with van der Waals surface area (Å²) in [6.45, 7) is 7.76. The number of carbonyl (C=O) groups is 1. The van der Waals surface area contributed by atoms with E-state index in [1.807, 2.05) is 13.0 Å². The van der Waals surface area contributed by atoms with Crippen molar-refractivity contribution in [2.24, 2.45) is 0 Å². The number of fused-ring (bicyclic) bond motifs is 1. The molecule has 1 aliphatic heterocycles. The standard InChI is InChI=1S/C28H31ClN6O5/c1-27(2,3)40-26(37)35-15-28(4,16-36)20-11-17(10-18(13-30)23(20)35)21-6-7-31-25(33-21)34-22-12-19(29)14-32-24(22)39-9-8-38-5/h6-7,10-12,14,36H,8-9,15-16H2,1-5H3,(H,31,33,34). The van der Waals surface area contributed by atoms with Gasteiger partial charge in [0.25, 0.3) is 0 Å². The van der Waals surface area contributed by atoms with Crippen molar-refractivity contribution in [2.75, 3.05) is 43.7 Å². The molecule has 12 heteroatoms. The lowest BCUT2D eigenvalue weighted by molar-refractivity contribution is 0.0575. The van der Waals surface area contributed by atoms with Gasteiger partial charge >= 0.3 is 6.09 Å². The van der Waals surface area contributed by atoms with E-state index in [-0.39, 0.29) is 31.3 Å².